The van der Waals surface area contributed by atoms with Gasteiger partial charge < -0.3 is 5.32 Å². The Hall–Kier alpha value is -0.0800. The zero-order valence-corrected chi connectivity index (χ0v) is 9.34. The van der Waals surface area contributed by atoms with E-state index >= 15 is 0 Å². The van der Waals surface area contributed by atoms with Gasteiger partial charge in [0.15, 0.2) is 0 Å². The molecule has 1 aliphatic carbocycles. The first-order valence-corrected chi connectivity index (χ1v) is 5.74. The quantitative estimate of drug-likeness (QED) is 0.717. The van der Waals surface area contributed by atoms with Gasteiger partial charge in [-0.3, -0.25) is 4.90 Å². The highest BCUT2D eigenvalue weighted by Gasteiger charge is 2.27. The predicted molar refractivity (Wildman–Crippen MR) is 58.0 cm³/mol. The standard InChI is InChI=1S/C11H24N2/c1-4-13(5-2)11-9-7-6-8-10(11)12-3/h10-12H,4-9H2,1-3H3/t10-,11-/m0/s1. The summed E-state index contributed by atoms with van der Waals surface area (Å²) in [4.78, 5) is 2.60. The maximum absolute atomic E-state index is 3.46. The summed E-state index contributed by atoms with van der Waals surface area (Å²) in [6.07, 6.45) is 5.56. The minimum Gasteiger partial charge on any atom is -0.315 e. The Morgan fingerprint density at radius 1 is 1.15 bits per heavy atom. The molecular formula is C11H24N2. The van der Waals surface area contributed by atoms with Crippen molar-refractivity contribution in [2.45, 2.75) is 51.6 Å². The van der Waals surface area contributed by atoms with Gasteiger partial charge in [-0.1, -0.05) is 26.7 Å². The molecule has 0 amide bonds. The van der Waals surface area contributed by atoms with Crippen LogP contribution in [0.5, 0.6) is 0 Å². The molecule has 0 saturated heterocycles. The minimum atomic E-state index is 0.730. The van der Waals surface area contributed by atoms with E-state index in [1.807, 2.05) is 0 Å². The largest absolute Gasteiger partial charge is 0.315 e. The van der Waals surface area contributed by atoms with E-state index in [1.54, 1.807) is 0 Å². The molecule has 1 N–H and O–H groups in total. The molecule has 1 saturated carbocycles. The number of nitrogens with zero attached hydrogens (tertiary/aromatic N) is 1. The molecule has 0 bridgehead atoms. The van der Waals surface area contributed by atoms with Crippen LogP contribution >= 0.6 is 0 Å². The molecule has 2 nitrogen and oxygen atoms in total. The van der Waals surface area contributed by atoms with Gasteiger partial charge in [-0.25, -0.2) is 0 Å². The molecule has 0 aromatic rings. The molecule has 0 heterocycles. The summed E-state index contributed by atoms with van der Waals surface area (Å²) in [6, 6.07) is 1.52. The average Bonchev–Trinajstić information content (AvgIpc) is 2.20. The van der Waals surface area contributed by atoms with E-state index in [1.165, 1.54) is 38.8 Å². The zero-order valence-electron chi connectivity index (χ0n) is 9.34. The third-order valence-corrected chi connectivity index (χ3v) is 3.38. The molecule has 2 atom stereocenters. The highest BCUT2D eigenvalue weighted by molar-refractivity contribution is 4.86. The van der Waals surface area contributed by atoms with E-state index in [4.69, 9.17) is 0 Å². The fourth-order valence-corrected chi connectivity index (χ4v) is 2.58. The van der Waals surface area contributed by atoms with Crippen LogP contribution in [0.25, 0.3) is 0 Å². The number of nitrogens with one attached hydrogen (secondary N) is 1. The molecule has 1 rings (SSSR count). The van der Waals surface area contributed by atoms with E-state index in [0.29, 0.717) is 0 Å². The molecule has 78 valence electrons. The van der Waals surface area contributed by atoms with Gasteiger partial charge in [-0.2, -0.15) is 0 Å². The fourth-order valence-electron chi connectivity index (χ4n) is 2.58. The van der Waals surface area contributed by atoms with E-state index in [9.17, 15) is 0 Å². The smallest absolute Gasteiger partial charge is 0.0248 e. The monoisotopic (exact) mass is 184 g/mol. The highest BCUT2D eigenvalue weighted by Crippen LogP contribution is 2.22. The lowest BCUT2D eigenvalue weighted by Gasteiger charge is -2.39. The lowest BCUT2D eigenvalue weighted by Crippen LogP contribution is -2.50. The van der Waals surface area contributed by atoms with Gasteiger partial charge in [0.2, 0.25) is 0 Å². The molecule has 0 radical (unpaired) electrons. The van der Waals surface area contributed by atoms with E-state index in [-0.39, 0.29) is 0 Å². The van der Waals surface area contributed by atoms with E-state index in [2.05, 4.69) is 31.1 Å². The minimum absolute atomic E-state index is 0.730. The van der Waals surface area contributed by atoms with Gasteiger partial charge in [-0.15, -0.1) is 0 Å². The second-order valence-electron chi connectivity index (χ2n) is 3.97. The lowest BCUT2D eigenvalue weighted by atomic mass is 9.89. The summed E-state index contributed by atoms with van der Waals surface area (Å²) in [5.74, 6) is 0. The molecule has 0 spiro atoms. The number of rotatable bonds is 4. The van der Waals surface area contributed by atoms with Crippen molar-refractivity contribution in [3.8, 4) is 0 Å². The molecular weight excluding hydrogens is 160 g/mol. The predicted octanol–water partition coefficient (Wildman–Crippen LogP) is 1.86. The van der Waals surface area contributed by atoms with Crippen LogP contribution < -0.4 is 5.32 Å². The van der Waals surface area contributed by atoms with Crippen LogP contribution in [0.1, 0.15) is 39.5 Å². The molecule has 0 aliphatic heterocycles. The maximum atomic E-state index is 3.46. The summed E-state index contributed by atoms with van der Waals surface area (Å²) in [5.41, 5.74) is 0. The van der Waals surface area contributed by atoms with Crippen LogP contribution in [-0.4, -0.2) is 37.1 Å². The Morgan fingerprint density at radius 2 is 1.77 bits per heavy atom. The van der Waals surface area contributed by atoms with Crippen molar-refractivity contribution in [3.63, 3.8) is 0 Å². The number of hydrogen-bond donors (Lipinski definition) is 1. The second-order valence-corrected chi connectivity index (χ2v) is 3.97. The van der Waals surface area contributed by atoms with E-state index < -0.39 is 0 Å². The Kier molecular flexibility index (Phi) is 4.74. The van der Waals surface area contributed by atoms with Crippen molar-refractivity contribution in [3.05, 3.63) is 0 Å². The summed E-state index contributed by atoms with van der Waals surface area (Å²) < 4.78 is 0. The summed E-state index contributed by atoms with van der Waals surface area (Å²) >= 11 is 0. The summed E-state index contributed by atoms with van der Waals surface area (Å²) in [5, 5.41) is 3.46. The van der Waals surface area contributed by atoms with Crippen LogP contribution in [0.2, 0.25) is 0 Å². The van der Waals surface area contributed by atoms with Crippen LogP contribution in [0.3, 0.4) is 0 Å². The number of likely N-dealkylation sites (N-methyl/N-ethyl adjacent to an activating group) is 2. The highest BCUT2D eigenvalue weighted by atomic mass is 15.2. The molecule has 13 heavy (non-hydrogen) atoms. The summed E-state index contributed by atoms with van der Waals surface area (Å²) in [6.45, 7) is 6.92. The van der Waals surface area contributed by atoms with Gasteiger partial charge in [0.05, 0.1) is 0 Å². The fraction of sp³-hybridized carbons (Fsp3) is 1.00. The second kappa shape index (κ2) is 5.61. The van der Waals surface area contributed by atoms with Crippen molar-refractivity contribution >= 4 is 0 Å². The lowest BCUT2D eigenvalue weighted by molar-refractivity contribution is 0.137. The third kappa shape index (κ3) is 2.68. The normalized spacial score (nSPS) is 29.5. The molecule has 1 fully saturated rings. The third-order valence-electron chi connectivity index (χ3n) is 3.38. The zero-order chi connectivity index (χ0) is 9.68. The summed E-state index contributed by atoms with van der Waals surface area (Å²) in [7, 11) is 2.10. The van der Waals surface area contributed by atoms with Crippen molar-refractivity contribution < 1.29 is 0 Å². The molecule has 0 unspecified atom stereocenters. The molecule has 1 aliphatic rings. The Labute approximate surface area is 82.7 Å². The van der Waals surface area contributed by atoms with E-state index in [0.717, 1.165) is 12.1 Å². The van der Waals surface area contributed by atoms with Crippen molar-refractivity contribution in [2.75, 3.05) is 20.1 Å². The molecule has 2 heteroatoms. The Balaban J connectivity index is 2.51. The first-order valence-electron chi connectivity index (χ1n) is 5.74. The maximum Gasteiger partial charge on any atom is 0.0248 e. The number of hydrogen-bond acceptors (Lipinski definition) is 2. The topological polar surface area (TPSA) is 15.3 Å². The van der Waals surface area contributed by atoms with Gasteiger partial charge in [0, 0.05) is 12.1 Å². The van der Waals surface area contributed by atoms with Crippen LogP contribution in [0, 0.1) is 0 Å². The van der Waals surface area contributed by atoms with Crippen molar-refractivity contribution in [1.82, 2.24) is 10.2 Å². The van der Waals surface area contributed by atoms with Crippen LogP contribution in [0.15, 0.2) is 0 Å². The average molecular weight is 184 g/mol. The van der Waals surface area contributed by atoms with Gasteiger partial charge in [0.25, 0.3) is 0 Å². The van der Waals surface area contributed by atoms with Gasteiger partial charge >= 0.3 is 0 Å². The van der Waals surface area contributed by atoms with Crippen molar-refractivity contribution in [2.24, 2.45) is 0 Å². The SMILES string of the molecule is CCN(CC)[C@H]1CCCC[C@@H]1NC. The Bertz CT molecular complexity index is 125. The van der Waals surface area contributed by atoms with Crippen LogP contribution in [-0.2, 0) is 0 Å². The first-order chi connectivity index (χ1) is 6.33. The first kappa shape index (κ1) is 11.0. The molecule has 0 aromatic carbocycles. The Morgan fingerprint density at radius 3 is 2.31 bits per heavy atom. The van der Waals surface area contributed by atoms with Crippen LogP contribution in [0.4, 0.5) is 0 Å². The molecule has 0 aromatic heterocycles. The van der Waals surface area contributed by atoms with Gasteiger partial charge in [0.1, 0.15) is 0 Å². The van der Waals surface area contributed by atoms with Crippen molar-refractivity contribution in [1.29, 1.82) is 0 Å². The van der Waals surface area contributed by atoms with Gasteiger partial charge in [-0.05, 0) is 33.0 Å².